The summed E-state index contributed by atoms with van der Waals surface area (Å²) in [6, 6.07) is 0. The van der Waals surface area contributed by atoms with Crippen molar-refractivity contribution in [2.45, 2.75) is 92.4 Å². The van der Waals surface area contributed by atoms with Gasteiger partial charge in [0, 0.05) is 0 Å². The lowest BCUT2D eigenvalue weighted by atomic mass is 9.45. The minimum Gasteiger partial charge on any atom is -0.0839 e. The summed E-state index contributed by atoms with van der Waals surface area (Å²) in [5.41, 5.74) is 3.50. The second-order valence-electron chi connectivity index (χ2n) is 10.6. The first-order valence-electron chi connectivity index (χ1n) is 10.5. The summed E-state index contributed by atoms with van der Waals surface area (Å²) < 4.78 is 0. The van der Waals surface area contributed by atoms with Gasteiger partial charge in [0.05, 0.1) is 0 Å². The fourth-order valence-electron chi connectivity index (χ4n) is 8.28. The first-order chi connectivity index (χ1) is 10.8. The average molecular weight is 315 g/mol. The summed E-state index contributed by atoms with van der Waals surface area (Å²) in [4.78, 5) is 0. The van der Waals surface area contributed by atoms with Crippen LogP contribution >= 0.6 is 0 Å². The van der Waals surface area contributed by atoms with Gasteiger partial charge >= 0.3 is 0 Å². The molecule has 0 aromatic heterocycles. The molecule has 0 radical (unpaired) electrons. The van der Waals surface area contributed by atoms with Crippen molar-refractivity contribution in [2.24, 2.45) is 39.9 Å². The molecule has 4 aliphatic rings. The van der Waals surface area contributed by atoms with Crippen molar-refractivity contribution >= 4 is 0 Å². The molecule has 4 aliphatic carbocycles. The molecule has 0 aromatic rings. The van der Waals surface area contributed by atoms with Crippen molar-refractivity contribution in [3.05, 3.63) is 11.6 Å². The van der Waals surface area contributed by atoms with Crippen molar-refractivity contribution < 1.29 is 0 Å². The van der Waals surface area contributed by atoms with Crippen LogP contribution in [0, 0.1) is 39.9 Å². The maximum atomic E-state index is 2.74. The van der Waals surface area contributed by atoms with Gasteiger partial charge in [-0.2, -0.15) is 0 Å². The second-order valence-corrected chi connectivity index (χ2v) is 10.6. The molecule has 3 saturated carbocycles. The average Bonchev–Trinajstić information content (AvgIpc) is 2.82. The molecule has 6 unspecified atom stereocenters. The van der Waals surface area contributed by atoms with Crippen LogP contribution in [0.2, 0.25) is 0 Å². The SMILES string of the molecule is CCC1CCC2C3CC=C4C(C)(C)CCCC4(C)C3CCC12C. The van der Waals surface area contributed by atoms with E-state index in [1.165, 1.54) is 57.8 Å². The van der Waals surface area contributed by atoms with Crippen LogP contribution in [0.5, 0.6) is 0 Å². The Hall–Kier alpha value is -0.260. The van der Waals surface area contributed by atoms with E-state index in [-0.39, 0.29) is 0 Å². The van der Waals surface area contributed by atoms with Gasteiger partial charge in [-0.1, -0.05) is 59.1 Å². The molecule has 0 spiro atoms. The third kappa shape index (κ3) is 2.09. The van der Waals surface area contributed by atoms with Crippen LogP contribution in [0.3, 0.4) is 0 Å². The number of hydrogen-bond acceptors (Lipinski definition) is 0. The van der Waals surface area contributed by atoms with Crippen molar-refractivity contribution in [1.82, 2.24) is 0 Å². The van der Waals surface area contributed by atoms with Crippen LogP contribution < -0.4 is 0 Å². The highest BCUT2D eigenvalue weighted by Gasteiger charge is 2.59. The molecule has 4 rings (SSSR count). The molecule has 0 nitrogen and oxygen atoms in total. The lowest BCUT2D eigenvalue weighted by Crippen LogP contribution is -2.51. The third-order valence-electron chi connectivity index (χ3n) is 9.38. The molecule has 0 N–H and O–H groups in total. The number of rotatable bonds is 1. The van der Waals surface area contributed by atoms with Gasteiger partial charge in [-0.05, 0) is 84.9 Å². The minimum absolute atomic E-state index is 0.459. The van der Waals surface area contributed by atoms with E-state index in [4.69, 9.17) is 0 Å². The number of allylic oxidation sites excluding steroid dienone is 2. The Morgan fingerprint density at radius 2 is 1.74 bits per heavy atom. The van der Waals surface area contributed by atoms with E-state index in [1.807, 2.05) is 5.57 Å². The van der Waals surface area contributed by atoms with Gasteiger partial charge in [-0.25, -0.2) is 0 Å². The normalized spacial score (nSPS) is 51.4. The van der Waals surface area contributed by atoms with Crippen LogP contribution in [0.4, 0.5) is 0 Å². The Labute approximate surface area is 144 Å². The van der Waals surface area contributed by atoms with Gasteiger partial charge in [0.15, 0.2) is 0 Å². The number of fused-ring (bicyclic) bond motifs is 5. The summed E-state index contributed by atoms with van der Waals surface area (Å²) in [5, 5.41) is 0. The molecule has 0 bridgehead atoms. The monoisotopic (exact) mass is 314 g/mol. The summed E-state index contributed by atoms with van der Waals surface area (Å²) in [6.45, 7) is 12.8. The standard InChI is InChI=1S/C23H38/c1-6-16-8-10-18-17-9-11-20-21(2,3)13-7-14-23(20,5)19(17)12-15-22(16,18)4/h11,16-19H,6-10,12-15H2,1-5H3. The third-order valence-corrected chi connectivity index (χ3v) is 9.38. The molecule has 130 valence electrons. The first-order valence-corrected chi connectivity index (χ1v) is 10.5. The molecule has 23 heavy (non-hydrogen) atoms. The Morgan fingerprint density at radius 3 is 2.48 bits per heavy atom. The summed E-state index contributed by atoms with van der Waals surface area (Å²) in [7, 11) is 0. The number of hydrogen-bond donors (Lipinski definition) is 0. The van der Waals surface area contributed by atoms with Crippen molar-refractivity contribution in [3.63, 3.8) is 0 Å². The van der Waals surface area contributed by atoms with Crippen LogP contribution in [0.25, 0.3) is 0 Å². The zero-order valence-corrected chi connectivity index (χ0v) is 16.3. The van der Waals surface area contributed by atoms with Gasteiger partial charge in [-0.3, -0.25) is 0 Å². The Morgan fingerprint density at radius 1 is 0.957 bits per heavy atom. The highest BCUT2D eigenvalue weighted by atomic mass is 14.6. The second kappa shape index (κ2) is 5.12. The van der Waals surface area contributed by atoms with Crippen LogP contribution in [0.1, 0.15) is 92.4 Å². The van der Waals surface area contributed by atoms with E-state index in [9.17, 15) is 0 Å². The zero-order valence-electron chi connectivity index (χ0n) is 16.3. The quantitative estimate of drug-likeness (QED) is 0.457. The van der Waals surface area contributed by atoms with Crippen LogP contribution in [-0.4, -0.2) is 0 Å². The van der Waals surface area contributed by atoms with Crippen molar-refractivity contribution in [2.75, 3.05) is 0 Å². The van der Waals surface area contributed by atoms with Crippen LogP contribution in [-0.2, 0) is 0 Å². The smallest absolute Gasteiger partial charge is 0.00799 e. The maximum absolute atomic E-state index is 2.74. The summed E-state index contributed by atoms with van der Waals surface area (Å²) >= 11 is 0. The van der Waals surface area contributed by atoms with E-state index in [0.717, 1.165) is 23.7 Å². The topological polar surface area (TPSA) is 0 Å². The summed E-state index contributed by atoms with van der Waals surface area (Å²) in [6.07, 6.45) is 15.9. The molecular weight excluding hydrogens is 276 g/mol. The minimum atomic E-state index is 0.459. The van der Waals surface area contributed by atoms with Crippen molar-refractivity contribution in [3.8, 4) is 0 Å². The molecule has 0 aliphatic heterocycles. The molecule has 0 aromatic carbocycles. The Balaban J connectivity index is 1.70. The molecule has 0 amide bonds. The molecule has 0 heterocycles. The van der Waals surface area contributed by atoms with E-state index in [1.54, 1.807) is 0 Å². The first kappa shape index (κ1) is 16.2. The molecule has 3 fully saturated rings. The lowest BCUT2D eigenvalue weighted by molar-refractivity contribution is -0.0506. The van der Waals surface area contributed by atoms with E-state index in [0.29, 0.717) is 16.2 Å². The maximum Gasteiger partial charge on any atom is -0.00799 e. The van der Waals surface area contributed by atoms with Gasteiger partial charge in [0.2, 0.25) is 0 Å². The largest absolute Gasteiger partial charge is 0.0839 e. The Kier molecular flexibility index (Phi) is 3.61. The Bertz CT molecular complexity index is 512. The predicted octanol–water partition coefficient (Wildman–Crippen LogP) is 7.00. The molecule has 6 atom stereocenters. The predicted molar refractivity (Wildman–Crippen MR) is 99.3 cm³/mol. The fraction of sp³-hybridized carbons (Fsp3) is 0.913. The van der Waals surface area contributed by atoms with Gasteiger partial charge < -0.3 is 0 Å². The van der Waals surface area contributed by atoms with Gasteiger partial charge in [0.25, 0.3) is 0 Å². The van der Waals surface area contributed by atoms with Crippen LogP contribution in [0.15, 0.2) is 11.6 Å². The van der Waals surface area contributed by atoms with Gasteiger partial charge in [-0.15, -0.1) is 0 Å². The summed E-state index contributed by atoms with van der Waals surface area (Å²) in [5.74, 6) is 4.00. The molecular formula is C23H38. The molecule has 0 saturated heterocycles. The van der Waals surface area contributed by atoms with E-state index >= 15 is 0 Å². The zero-order chi connectivity index (χ0) is 16.5. The van der Waals surface area contributed by atoms with Gasteiger partial charge in [0.1, 0.15) is 0 Å². The molecule has 0 heteroatoms. The highest BCUT2D eigenvalue weighted by Crippen LogP contribution is 2.68. The van der Waals surface area contributed by atoms with Crippen molar-refractivity contribution in [1.29, 1.82) is 0 Å². The van der Waals surface area contributed by atoms with E-state index in [2.05, 4.69) is 40.7 Å². The highest BCUT2D eigenvalue weighted by molar-refractivity contribution is 5.29. The fourth-order valence-corrected chi connectivity index (χ4v) is 8.28. The van der Waals surface area contributed by atoms with E-state index < -0.39 is 0 Å². The lowest BCUT2D eigenvalue weighted by Gasteiger charge is -2.60.